The Balaban J connectivity index is 1.36. The number of rotatable bonds is 3. The lowest BCUT2D eigenvalue weighted by Crippen LogP contribution is -2.46. The molecule has 3 aliphatic rings. The molecule has 0 bridgehead atoms. The van der Waals surface area contributed by atoms with Gasteiger partial charge < -0.3 is 16.0 Å². The van der Waals surface area contributed by atoms with Crippen molar-refractivity contribution in [2.45, 2.75) is 37.0 Å². The number of nitrogens with one attached hydrogen (secondary N) is 3. The van der Waals surface area contributed by atoms with E-state index in [9.17, 15) is 4.39 Å². The summed E-state index contributed by atoms with van der Waals surface area (Å²) in [6, 6.07) is 7.52. The Labute approximate surface area is 163 Å². The van der Waals surface area contributed by atoms with Crippen molar-refractivity contribution in [2.24, 2.45) is 11.7 Å². The average molecular weight is 383 g/mol. The molecule has 2 aromatic rings. The SMILES string of the molecule is N[C@H]1CCN(c2cncc(C3CC4C(CN3)NNC4c3ccccc3F)n2)C1. The van der Waals surface area contributed by atoms with Crippen LogP contribution in [0.2, 0.25) is 0 Å². The van der Waals surface area contributed by atoms with Crippen LogP contribution in [0.3, 0.4) is 0 Å². The molecule has 4 heterocycles. The number of hydrazine groups is 1. The second kappa shape index (κ2) is 7.36. The van der Waals surface area contributed by atoms with Gasteiger partial charge in [0.1, 0.15) is 11.6 Å². The highest BCUT2D eigenvalue weighted by molar-refractivity contribution is 5.39. The van der Waals surface area contributed by atoms with E-state index in [0.29, 0.717) is 5.56 Å². The van der Waals surface area contributed by atoms with Crippen LogP contribution in [-0.4, -0.2) is 41.7 Å². The van der Waals surface area contributed by atoms with Crippen LogP contribution in [0.1, 0.15) is 36.2 Å². The van der Waals surface area contributed by atoms with E-state index in [2.05, 4.69) is 26.1 Å². The first kappa shape index (κ1) is 17.9. The minimum atomic E-state index is -0.162. The van der Waals surface area contributed by atoms with Crippen LogP contribution in [-0.2, 0) is 0 Å². The van der Waals surface area contributed by atoms with Crippen LogP contribution < -0.4 is 26.8 Å². The molecular formula is C20H26FN7. The van der Waals surface area contributed by atoms with Crippen molar-refractivity contribution in [2.75, 3.05) is 24.5 Å². The molecule has 1 aromatic carbocycles. The molecule has 3 saturated heterocycles. The molecule has 0 saturated carbocycles. The number of hydrogen-bond donors (Lipinski definition) is 4. The fraction of sp³-hybridized carbons (Fsp3) is 0.500. The molecule has 5 atom stereocenters. The smallest absolute Gasteiger partial charge is 0.147 e. The number of nitrogens with two attached hydrogens (primary N) is 1. The van der Waals surface area contributed by atoms with Gasteiger partial charge >= 0.3 is 0 Å². The Bertz CT molecular complexity index is 847. The topological polar surface area (TPSA) is 91.1 Å². The molecule has 1 aromatic heterocycles. The maximum absolute atomic E-state index is 14.4. The summed E-state index contributed by atoms with van der Waals surface area (Å²) in [5.41, 5.74) is 14.3. The number of aromatic nitrogens is 2. The zero-order valence-electron chi connectivity index (χ0n) is 15.7. The van der Waals surface area contributed by atoms with Crippen molar-refractivity contribution >= 4 is 5.82 Å². The fourth-order valence-corrected chi connectivity index (χ4v) is 4.72. The van der Waals surface area contributed by atoms with Gasteiger partial charge in [-0.25, -0.2) is 14.8 Å². The predicted octanol–water partition coefficient (Wildman–Crippen LogP) is 1.02. The van der Waals surface area contributed by atoms with Gasteiger partial charge in [-0.05, 0) is 24.8 Å². The lowest BCUT2D eigenvalue weighted by Gasteiger charge is -2.34. The highest BCUT2D eigenvalue weighted by Gasteiger charge is 2.42. The summed E-state index contributed by atoms with van der Waals surface area (Å²) in [6.45, 7) is 2.54. The second-order valence-electron chi connectivity index (χ2n) is 8.05. The summed E-state index contributed by atoms with van der Waals surface area (Å²) < 4.78 is 14.4. The lowest BCUT2D eigenvalue weighted by molar-refractivity contribution is 0.261. The number of piperidine rings is 1. The van der Waals surface area contributed by atoms with E-state index in [1.807, 2.05) is 24.5 Å². The summed E-state index contributed by atoms with van der Waals surface area (Å²) in [6.07, 6.45) is 5.50. The first-order valence-electron chi connectivity index (χ1n) is 10.0. The summed E-state index contributed by atoms with van der Waals surface area (Å²) in [4.78, 5) is 11.5. The molecule has 3 aliphatic heterocycles. The Morgan fingerprint density at radius 2 is 2.07 bits per heavy atom. The maximum Gasteiger partial charge on any atom is 0.147 e. The molecule has 28 heavy (non-hydrogen) atoms. The molecule has 148 valence electrons. The monoisotopic (exact) mass is 383 g/mol. The zero-order chi connectivity index (χ0) is 19.1. The van der Waals surface area contributed by atoms with Crippen LogP contribution in [0.4, 0.5) is 10.2 Å². The largest absolute Gasteiger partial charge is 0.354 e. The van der Waals surface area contributed by atoms with Gasteiger partial charge in [-0.15, -0.1) is 0 Å². The van der Waals surface area contributed by atoms with Crippen LogP contribution in [0.5, 0.6) is 0 Å². The van der Waals surface area contributed by atoms with Crippen molar-refractivity contribution in [3.8, 4) is 0 Å². The third-order valence-corrected chi connectivity index (χ3v) is 6.25. The first-order valence-corrected chi connectivity index (χ1v) is 10.0. The van der Waals surface area contributed by atoms with Gasteiger partial charge in [0, 0.05) is 37.3 Å². The third kappa shape index (κ3) is 3.26. The van der Waals surface area contributed by atoms with E-state index < -0.39 is 0 Å². The molecule has 5 N–H and O–H groups in total. The maximum atomic E-state index is 14.4. The molecule has 3 fully saturated rings. The van der Waals surface area contributed by atoms with Gasteiger partial charge in [0.15, 0.2) is 0 Å². The molecule has 0 aliphatic carbocycles. The van der Waals surface area contributed by atoms with E-state index >= 15 is 0 Å². The number of hydrogen-bond acceptors (Lipinski definition) is 7. The number of halogens is 1. The Morgan fingerprint density at radius 3 is 2.89 bits per heavy atom. The molecule has 5 rings (SSSR count). The van der Waals surface area contributed by atoms with Crippen molar-refractivity contribution in [1.29, 1.82) is 0 Å². The molecular weight excluding hydrogens is 357 g/mol. The standard InChI is InChI=1S/C20H26FN7/c21-15-4-2-1-3-13(15)20-14-7-16(24-9-17(14)26-27-20)18-8-23-10-19(25-18)28-6-5-12(22)11-28/h1-4,8,10,12,14,16-17,20,24,26-27H,5-7,9,11,22H2/t12-,14?,16?,17?,20?/m0/s1. The van der Waals surface area contributed by atoms with Gasteiger partial charge in [0.05, 0.1) is 30.2 Å². The molecule has 7 nitrogen and oxygen atoms in total. The molecule has 0 amide bonds. The fourth-order valence-electron chi connectivity index (χ4n) is 4.72. The highest BCUT2D eigenvalue weighted by Crippen LogP contribution is 2.38. The van der Waals surface area contributed by atoms with Crippen molar-refractivity contribution < 1.29 is 4.39 Å². The van der Waals surface area contributed by atoms with E-state index in [1.54, 1.807) is 6.07 Å². The second-order valence-corrected chi connectivity index (χ2v) is 8.05. The predicted molar refractivity (Wildman–Crippen MR) is 105 cm³/mol. The van der Waals surface area contributed by atoms with E-state index in [4.69, 9.17) is 10.7 Å². The zero-order valence-corrected chi connectivity index (χ0v) is 15.7. The molecule has 4 unspecified atom stereocenters. The Morgan fingerprint density at radius 1 is 1.18 bits per heavy atom. The first-order chi connectivity index (χ1) is 13.7. The normalized spacial score (nSPS) is 32.5. The van der Waals surface area contributed by atoms with E-state index in [1.165, 1.54) is 6.07 Å². The minimum Gasteiger partial charge on any atom is -0.354 e. The summed E-state index contributed by atoms with van der Waals surface area (Å²) in [5, 5.41) is 3.58. The average Bonchev–Trinajstić information content (AvgIpc) is 3.34. The van der Waals surface area contributed by atoms with Gasteiger partial charge in [-0.1, -0.05) is 18.2 Å². The quantitative estimate of drug-likeness (QED) is 0.629. The summed E-state index contributed by atoms with van der Waals surface area (Å²) in [5.74, 6) is 1.00. The van der Waals surface area contributed by atoms with Crippen LogP contribution in [0, 0.1) is 11.7 Å². The van der Waals surface area contributed by atoms with Crippen molar-refractivity contribution in [3.63, 3.8) is 0 Å². The van der Waals surface area contributed by atoms with Gasteiger partial charge in [-0.3, -0.25) is 10.4 Å². The van der Waals surface area contributed by atoms with Gasteiger partial charge in [0.25, 0.3) is 0 Å². The van der Waals surface area contributed by atoms with Crippen molar-refractivity contribution in [3.05, 3.63) is 53.7 Å². The Hall–Kier alpha value is -2.13. The lowest BCUT2D eigenvalue weighted by atomic mass is 9.81. The number of nitrogens with zero attached hydrogens (tertiary/aromatic N) is 3. The van der Waals surface area contributed by atoms with Crippen LogP contribution in [0.15, 0.2) is 36.7 Å². The minimum absolute atomic E-state index is 0.0523. The van der Waals surface area contributed by atoms with Crippen LogP contribution >= 0.6 is 0 Å². The van der Waals surface area contributed by atoms with Gasteiger partial charge in [0.2, 0.25) is 0 Å². The number of benzene rings is 1. The Kier molecular flexibility index (Phi) is 4.72. The van der Waals surface area contributed by atoms with Gasteiger partial charge in [-0.2, -0.15) is 0 Å². The van der Waals surface area contributed by atoms with E-state index in [0.717, 1.165) is 44.0 Å². The number of fused-ring (bicyclic) bond motifs is 1. The van der Waals surface area contributed by atoms with Crippen molar-refractivity contribution in [1.82, 2.24) is 26.1 Å². The van der Waals surface area contributed by atoms with Crippen LogP contribution in [0.25, 0.3) is 0 Å². The third-order valence-electron chi connectivity index (χ3n) is 6.25. The number of anilines is 1. The highest BCUT2D eigenvalue weighted by atomic mass is 19.1. The summed E-state index contributed by atoms with van der Waals surface area (Å²) >= 11 is 0. The molecule has 0 spiro atoms. The van der Waals surface area contributed by atoms with E-state index in [-0.39, 0.29) is 35.9 Å². The molecule has 0 radical (unpaired) electrons. The molecule has 8 heteroatoms. The summed E-state index contributed by atoms with van der Waals surface area (Å²) in [7, 11) is 0.